The van der Waals surface area contributed by atoms with Crippen LogP contribution in [0.2, 0.25) is 0 Å². The monoisotopic (exact) mass is 262 g/mol. The Hall–Kier alpha value is -2.01. The fraction of sp³-hybridized carbons (Fsp3) is 0.357. The molecule has 5 heteroatoms. The molecular weight excluding hydrogens is 244 g/mol. The standard InChI is InChI=1S/C14H18N2O3/c1-8(2)16-10(12(15)14(18)19-3)7-9-5-4-6-11(17)13(9)16/h4-8,12,17H,15H2,1-3H3. The van der Waals surface area contributed by atoms with Gasteiger partial charge in [0.2, 0.25) is 0 Å². The van der Waals surface area contributed by atoms with E-state index < -0.39 is 12.0 Å². The number of hydrogen-bond acceptors (Lipinski definition) is 4. The molecule has 5 nitrogen and oxygen atoms in total. The van der Waals surface area contributed by atoms with Gasteiger partial charge in [0.05, 0.1) is 12.6 Å². The minimum absolute atomic E-state index is 0.0662. The molecule has 0 saturated heterocycles. The molecule has 0 bridgehead atoms. The lowest BCUT2D eigenvalue weighted by Gasteiger charge is -2.18. The Bertz CT molecular complexity index is 616. The van der Waals surface area contributed by atoms with Gasteiger partial charge in [-0.15, -0.1) is 0 Å². The van der Waals surface area contributed by atoms with Gasteiger partial charge in [0.15, 0.2) is 0 Å². The summed E-state index contributed by atoms with van der Waals surface area (Å²) in [5.74, 6) is -0.321. The minimum Gasteiger partial charge on any atom is -0.506 e. The number of methoxy groups -OCH3 is 1. The topological polar surface area (TPSA) is 77.5 Å². The lowest BCUT2D eigenvalue weighted by molar-refractivity contribution is -0.142. The highest BCUT2D eigenvalue weighted by Crippen LogP contribution is 2.33. The lowest BCUT2D eigenvalue weighted by Crippen LogP contribution is -2.25. The van der Waals surface area contributed by atoms with Crippen LogP contribution in [-0.4, -0.2) is 22.8 Å². The molecule has 1 atom stereocenters. The number of nitrogens with two attached hydrogens (primary N) is 1. The highest BCUT2D eigenvalue weighted by molar-refractivity contribution is 5.89. The van der Waals surface area contributed by atoms with Gasteiger partial charge in [-0.25, -0.2) is 4.79 Å². The number of carbonyl (C=O) groups is 1. The van der Waals surface area contributed by atoms with E-state index in [2.05, 4.69) is 4.74 Å². The molecule has 2 rings (SSSR count). The minimum atomic E-state index is -0.862. The fourth-order valence-corrected chi connectivity index (χ4v) is 2.33. The van der Waals surface area contributed by atoms with Crippen LogP contribution in [0.5, 0.6) is 5.75 Å². The summed E-state index contributed by atoms with van der Waals surface area (Å²) < 4.78 is 6.55. The normalized spacial score (nSPS) is 12.9. The number of benzene rings is 1. The number of nitrogens with zero attached hydrogens (tertiary/aromatic N) is 1. The van der Waals surface area contributed by atoms with Crippen molar-refractivity contribution in [1.29, 1.82) is 0 Å². The zero-order valence-corrected chi connectivity index (χ0v) is 11.3. The molecule has 102 valence electrons. The first-order valence-electron chi connectivity index (χ1n) is 6.13. The average Bonchev–Trinajstić information content (AvgIpc) is 2.77. The van der Waals surface area contributed by atoms with Crippen molar-refractivity contribution in [3.63, 3.8) is 0 Å². The first-order valence-corrected chi connectivity index (χ1v) is 6.13. The van der Waals surface area contributed by atoms with Crippen molar-refractivity contribution >= 4 is 16.9 Å². The molecule has 0 spiro atoms. The predicted molar refractivity (Wildman–Crippen MR) is 72.9 cm³/mol. The Morgan fingerprint density at radius 2 is 2.11 bits per heavy atom. The Labute approximate surface area is 111 Å². The highest BCUT2D eigenvalue weighted by Gasteiger charge is 2.24. The van der Waals surface area contributed by atoms with E-state index in [-0.39, 0.29) is 11.8 Å². The van der Waals surface area contributed by atoms with Crippen LogP contribution in [-0.2, 0) is 9.53 Å². The number of aromatic nitrogens is 1. The summed E-state index contributed by atoms with van der Waals surface area (Å²) in [5, 5.41) is 10.9. The molecule has 19 heavy (non-hydrogen) atoms. The van der Waals surface area contributed by atoms with Gasteiger partial charge in [-0.2, -0.15) is 0 Å². The summed E-state index contributed by atoms with van der Waals surface area (Å²) in [4.78, 5) is 11.6. The van der Waals surface area contributed by atoms with Gasteiger partial charge in [0.1, 0.15) is 11.8 Å². The van der Waals surface area contributed by atoms with Crippen LogP contribution in [0.25, 0.3) is 10.9 Å². The Kier molecular flexibility index (Phi) is 3.48. The molecule has 0 aliphatic rings. The third-order valence-corrected chi connectivity index (χ3v) is 3.16. The molecule has 0 amide bonds. The maximum atomic E-state index is 11.6. The molecule has 0 aliphatic carbocycles. The Balaban J connectivity index is 2.71. The summed E-state index contributed by atoms with van der Waals surface area (Å²) in [6.07, 6.45) is 0. The van der Waals surface area contributed by atoms with E-state index in [0.717, 1.165) is 5.39 Å². The van der Waals surface area contributed by atoms with Gasteiger partial charge in [-0.1, -0.05) is 12.1 Å². The van der Waals surface area contributed by atoms with Gasteiger partial charge in [-0.05, 0) is 26.0 Å². The van der Waals surface area contributed by atoms with Crippen LogP contribution < -0.4 is 5.73 Å². The number of para-hydroxylation sites is 1. The smallest absolute Gasteiger partial charge is 0.328 e. The van der Waals surface area contributed by atoms with Crippen LogP contribution in [0.3, 0.4) is 0 Å². The van der Waals surface area contributed by atoms with E-state index in [1.165, 1.54) is 7.11 Å². The summed E-state index contributed by atoms with van der Waals surface area (Å²) in [5.41, 5.74) is 7.25. The summed E-state index contributed by atoms with van der Waals surface area (Å²) >= 11 is 0. The van der Waals surface area contributed by atoms with E-state index in [0.29, 0.717) is 11.2 Å². The second-order valence-corrected chi connectivity index (χ2v) is 4.75. The van der Waals surface area contributed by atoms with Gasteiger partial charge in [0, 0.05) is 17.1 Å². The molecule has 2 aromatic rings. The molecule has 0 aliphatic heterocycles. The van der Waals surface area contributed by atoms with Crippen LogP contribution in [0.1, 0.15) is 31.6 Å². The zero-order valence-electron chi connectivity index (χ0n) is 11.3. The number of rotatable bonds is 3. The second-order valence-electron chi connectivity index (χ2n) is 4.75. The van der Waals surface area contributed by atoms with Gasteiger partial charge < -0.3 is 20.1 Å². The molecule has 3 N–H and O–H groups in total. The number of phenolic OH excluding ortho intramolecular Hbond substituents is 1. The SMILES string of the molecule is COC(=O)C(N)c1cc2cccc(O)c2n1C(C)C. The number of fused-ring (bicyclic) bond motifs is 1. The quantitative estimate of drug-likeness (QED) is 0.830. The van der Waals surface area contributed by atoms with Gasteiger partial charge in [0.25, 0.3) is 0 Å². The Morgan fingerprint density at radius 1 is 1.42 bits per heavy atom. The first-order chi connectivity index (χ1) is 8.97. The van der Waals surface area contributed by atoms with Crippen molar-refractivity contribution < 1.29 is 14.6 Å². The van der Waals surface area contributed by atoms with Crippen molar-refractivity contribution in [1.82, 2.24) is 4.57 Å². The van der Waals surface area contributed by atoms with E-state index in [4.69, 9.17) is 5.73 Å². The number of aromatic hydroxyl groups is 1. The van der Waals surface area contributed by atoms with Gasteiger partial charge in [-0.3, -0.25) is 0 Å². The predicted octanol–water partition coefficient (Wildman–Crippen LogP) is 2.10. The number of ether oxygens (including phenoxy) is 1. The third-order valence-electron chi connectivity index (χ3n) is 3.16. The van der Waals surface area contributed by atoms with Crippen molar-refractivity contribution in [2.75, 3.05) is 7.11 Å². The fourth-order valence-electron chi connectivity index (χ4n) is 2.33. The first kappa shape index (κ1) is 13.4. The average molecular weight is 262 g/mol. The Morgan fingerprint density at radius 3 is 2.68 bits per heavy atom. The molecule has 1 aromatic carbocycles. The maximum absolute atomic E-state index is 11.6. The molecule has 0 fully saturated rings. The molecular formula is C14H18N2O3. The molecule has 1 heterocycles. The third kappa shape index (κ3) is 2.17. The van der Waals surface area contributed by atoms with E-state index >= 15 is 0 Å². The second kappa shape index (κ2) is 4.93. The van der Waals surface area contributed by atoms with Crippen LogP contribution >= 0.6 is 0 Å². The number of phenols is 1. The molecule has 1 unspecified atom stereocenters. The van der Waals surface area contributed by atoms with Crippen LogP contribution in [0.15, 0.2) is 24.3 Å². The van der Waals surface area contributed by atoms with Crippen molar-refractivity contribution in [3.05, 3.63) is 30.0 Å². The van der Waals surface area contributed by atoms with Crippen molar-refractivity contribution in [3.8, 4) is 5.75 Å². The number of esters is 1. The summed E-state index contributed by atoms with van der Waals surface area (Å²) in [6.45, 7) is 3.94. The number of carbonyl (C=O) groups excluding carboxylic acids is 1. The van der Waals surface area contributed by atoms with Crippen molar-refractivity contribution in [2.45, 2.75) is 25.9 Å². The summed E-state index contributed by atoms with van der Waals surface area (Å²) in [7, 11) is 1.31. The van der Waals surface area contributed by atoms with E-state index in [9.17, 15) is 9.90 Å². The molecule has 0 radical (unpaired) electrons. The zero-order chi connectivity index (χ0) is 14.2. The van der Waals surface area contributed by atoms with E-state index in [1.807, 2.05) is 30.5 Å². The van der Waals surface area contributed by atoms with E-state index in [1.54, 1.807) is 12.1 Å². The molecule has 1 aromatic heterocycles. The van der Waals surface area contributed by atoms with Crippen molar-refractivity contribution in [2.24, 2.45) is 5.73 Å². The van der Waals surface area contributed by atoms with Gasteiger partial charge >= 0.3 is 5.97 Å². The summed E-state index contributed by atoms with van der Waals surface area (Å²) in [6, 6.07) is 6.28. The maximum Gasteiger partial charge on any atom is 0.328 e. The number of hydrogen-bond donors (Lipinski definition) is 2. The largest absolute Gasteiger partial charge is 0.506 e. The van der Waals surface area contributed by atoms with Crippen LogP contribution in [0, 0.1) is 0 Å². The highest BCUT2D eigenvalue weighted by atomic mass is 16.5. The molecule has 0 saturated carbocycles. The van der Waals surface area contributed by atoms with Crippen LogP contribution in [0.4, 0.5) is 0 Å². The lowest BCUT2D eigenvalue weighted by atomic mass is 10.2.